The Morgan fingerprint density at radius 3 is 2.71 bits per heavy atom. The van der Waals surface area contributed by atoms with Crippen molar-refractivity contribution >= 4 is 29.7 Å². The molecule has 0 aliphatic carbocycles. The van der Waals surface area contributed by atoms with Gasteiger partial charge in [-0.3, -0.25) is 4.79 Å². The number of carbonyl (C=O) groups is 1. The van der Waals surface area contributed by atoms with Gasteiger partial charge in [-0.05, 0) is 11.4 Å². The summed E-state index contributed by atoms with van der Waals surface area (Å²) in [6.07, 6.45) is 0. The van der Waals surface area contributed by atoms with Crippen LogP contribution in [0.2, 0.25) is 0 Å². The lowest BCUT2D eigenvalue weighted by Crippen LogP contribution is -2.46. The van der Waals surface area contributed by atoms with Crippen LogP contribution < -0.4 is 5.32 Å². The molecule has 1 aliphatic rings. The van der Waals surface area contributed by atoms with Gasteiger partial charge in [-0.15, -0.1) is 12.4 Å². The fourth-order valence-corrected chi connectivity index (χ4v) is 2.07. The number of halogens is 1. The molecule has 0 unspecified atom stereocenters. The number of hydrogen-bond acceptors (Lipinski definition) is 3. The summed E-state index contributed by atoms with van der Waals surface area (Å²) >= 11 is 1.57. The molecule has 1 aliphatic heterocycles. The molecule has 3 nitrogen and oxygen atoms in total. The van der Waals surface area contributed by atoms with E-state index >= 15 is 0 Å². The van der Waals surface area contributed by atoms with Gasteiger partial charge >= 0.3 is 0 Å². The second-order valence-corrected chi connectivity index (χ2v) is 3.83. The smallest absolute Gasteiger partial charge is 0.254 e. The molecule has 1 aromatic heterocycles. The standard InChI is InChI=1S/C9H12N2OS.ClH/c12-9(8-1-6-13-7-8)11-4-2-10-3-5-11;/h1,6-7,10H,2-5H2;1H. The lowest BCUT2D eigenvalue weighted by molar-refractivity contribution is 0.0736. The van der Waals surface area contributed by atoms with Gasteiger partial charge in [-0.25, -0.2) is 0 Å². The third-order valence-corrected chi connectivity index (χ3v) is 2.86. The van der Waals surface area contributed by atoms with E-state index in [1.165, 1.54) is 0 Å². The van der Waals surface area contributed by atoms with Crippen molar-refractivity contribution in [2.24, 2.45) is 0 Å². The van der Waals surface area contributed by atoms with E-state index in [-0.39, 0.29) is 18.3 Å². The Kier molecular flexibility index (Phi) is 4.38. The van der Waals surface area contributed by atoms with Crippen molar-refractivity contribution < 1.29 is 4.79 Å². The molecule has 1 fully saturated rings. The van der Waals surface area contributed by atoms with Crippen LogP contribution in [0.25, 0.3) is 0 Å². The van der Waals surface area contributed by atoms with Crippen LogP contribution in [0.1, 0.15) is 10.4 Å². The molecule has 1 N–H and O–H groups in total. The van der Waals surface area contributed by atoms with Crippen LogP contribution in [0, 0.1) is 0 Å². The van der Waals surface area contributed by atoms with Crippen molar-refractivity contribution in [2.45, 2.75) is 0 Å². The minimum atomic E-state index is 0. The lowest BCUT2D eigenvalue weighted by Gasteiger charge is -2.27. The Hall–Kier alpha value is -0.580. The predicted octanol–water partition coefficient (Wildman–Crippen LogP) is 1.22. The van der Waals surface area contributed by atoms with Gasteiger partial charge in [0, 0.05) is 31.6 Å². The zero-order chi connectivity index (χ0) is 9.10. The van der Waals surface area contributed by atoms with E-state index in [0.717, 1.165) is 31.7 Å². The summed E-state index contributed by atoms with van der Waals surface area (Å²) in [5.41, 5.74) is 0.826. The van der Waals surface area contributed by atoms with E-state index < -0.39 is 0 Å². The van der Waals surface area contributed by atoms with Crippen molar-refractivity contribution in [3.8, 4) is 0 Å². The largest absolute Gasteiger partial charge is 0.336 e. The number of nitrogens with zero attached hydrogens (tertiary/aromatic N) is 1. The van der Waals surface area contributed by atoms with Crippen LogP contribution in [-0.4, -0.2) is 37.0 Å². The Morgan fingerprint density at radius 1 is 1.43 bits per heavy atom. The highest BCUT2D eigenvalue weighted by molar-refractivity contribution is 7.08. The molecular weight excluding hydrogens is 220 g/mol. The molecule has 0 bridgehead atoms. The molecule has 0 radical (unpaired) electrons. The van der Waals surface area contributed by atoms with Crippen LogP contribution in [0.15, 0.2) is 16.8 Å². The topological polar surface area (TPSA) is 32.3 Å². The summed E-state index contributed by atoms with van der Waals surface area (Å²) in [6.45, 7) is 3.48. The molecule has 1 aromatic rings. The number of nitrogens with one attached hydrogen (secondary N) is 1. The Balaban J connectivity index is 0.000000980. The average molecular weight is 233 g/mol. The zero-order valence-corrected chi connectivity index (χ0v) is 9.37. The number of carbonyl (C=O) groups excluding carboxylic acids is 1. The summed E-state index contributed by atoms with van der Waals surface area (Å²) in [5.74, 6) is 0.169. The summed E-state index contributed by atoms with van der Waals surface area (Å²) in [5, 5.41) is 7.07. The molecule has 0 atom stereocenters. The Bertz CT molecular complexity index is 283. The number of amides is 1. The first-order chi connectivity index (χ1) is 6.38. The molecule has 0 spiro atoms. The molecule has 1 amide bonds. The Morgan fingerprint density at radius 2 is 2.14 bits per heavy atom. The van der Waals surface area contributed by atoms with E-state index in [2.05, 4.69) is 5.32 Å². The van der Waals surface area contributed by atoms with E-state index in [9.17, 15) is 4.79 Å². The van der Waals surface area contributed by atoms with Crippen LogP contribution >= 0.6 is 23.7 Å². The maximum atomic E-state index is 11.8. The van der Waals surface area contributed by atoms with Gasteiger partial charge in [-0.2, -0.15) is 11.3 Å². The minimum absolute atomic E-state index is 0. The normalized spacial score (nSPS) is 16.1. The van der Waals surface area contributed by atoms with E-state index in [0.29, 0.717) is 0 Å². The molecule has 1 saturated heterocycles. The summed E-state index contributed by atoms with van der Waals surface area (Å²) < 4.78 is 0. The zero-order valence-electron chi connectivity index (χ0n) is 7.73. The second-order valence-electron chi connectivity index (χ2n) is 3.05. The van der Waals surface area contributed by atoms with Gasteiger partial charge < -0.3 is 10.2 Å². The third kappa shape index (κ3) is 2.47. The molecule has 14 heavy (non-hydrogen) atoms. The fraction of sp³-hybridized carbons (Fsp3) is 0.444. The molecule has 5 heteroatoms. The number of rotatable bonds is 1. The van der Waals surface area contributed by atoms with Gasteiger partial charge in [-0.1, -0.05) is 0 Å². The third-order valence-electron chi connectivity index (χ3n) is 2.17. The SMILES string of the molecule is Cl.O=C(c1ccsc1)N1CCNCC1. The van der Waals surface area contributed by atoms with E-state index in [1.54, 1.807) is 11.3 Å². The minimum Gasteiger partial charge on any atom is -0.336 e. The van der Waals surface area contributed by atoms with Crippen molar-refractivity contribution in [2.75, 3.05) is 26.2 Å². The molecule has 0 saturated carbocycles. The molecular formula is C9H13ClN2OS. The quantitative estimate of drug-likeness (QED) is 0.790. The van der Waals surface area contributed by atoms with Crippen molar-refractivity contribution in [3.63, 3.8) is 0 Å². The van der Waals surface area contributed by atoms with Crippen molar-refractivity contribution in [1.29, 1.82) is 0 Å². The molecule has 0 aromatic carbocycles. The first-order valence-electron chi connectivity index (χ1n) is 4.40. The highest BCUT2D eigenvalue weighted by atomic mass is 35.5. The first-order valence-corrected chi connectivity index (χ1v) is 5.34. The number of piperazine rings is 1. The molecule has 78 valence electrons. The van der Waals surface area contributed by atoms with Crippen LogP contribution in [0.4, 0.5) is 0 Å². The summed E-state index contributed by atoms with van der Waals surface area (Å²) in [7, 11) is 0. The lowest BCUT2D eigenvalue weighted by atomic mass is 10.2. The van der Waals surface area contributed by atoms with Gasteiger partial charge in [0.2, 0.25) is 0 Å². The van der Waals surface area contributed by atoms with E-state index in [1.807, 2.05) is 21.7 Å². The van der Waals surface area contributed by atoms with E-state index in [4.69, 9.17) is 0 Å². The highest BCUT2D eigenvalue weighted by Crippen LogP contribution is 2.09. The molecule has 2 rings (SSSR count). The van der Waals surface area contributed by atoms with Crippen molar-refractivity contribution in [3.05, 3.63) is 22.4 Å². The monoisotopic (exact) mass is 232 g/mol. The number of thiophene rings is 1. The van der Waals surface area contributed by atoms with Gasteiger partial charge in [0.1, 0.15) is 0 Å². The van der Waals surface area contributed by atoms with Gasteiger partial charge in [0.15, 0.2) is 0 Å². The first kappa shape index (κ1) is 11.5. The average Bonchev–Trinajstić information content (AvgIpc) is 2.71. The maximum absolute atomic E-state index is 11.8. The van der Waals surface area contributed by atoms with Crippen LogP contribution in [0.3, 0.4) is 0 Å². The second kappa shape index (κ2) is 5.34. The van der Waals surface area contributed by atoms with Crippen LogP contribution in [0.5, 0.6) is 0 Å². The Labute approximate surface area is 93.5 Å². The number of hydrogen-bond donors (Lipinski definition) is 1. The maximum Gasteiger partial charge on any atom is 0.254 e. The summed E-state index contributed by atoms with van der Waals surface area (Å²) in [4.78, 5) is 13.7. The predicted molar refractivity (Wildman–Crippen MR) is 60.3 cm³/mol. The highest BCUT2D eigenvalue weighted by Gasteiger charge is 2.17. The summed E-state index contributed by atoms with van der Waals surface area (Å²) in [6, 6.07) is 1.88. The fourth-order valence-electron chi connectivity index (χ4n) is 1.44. The van der Waals surface area contributed by atoms with Gasteiger partial charge in [0.25, 0.3) is 5.91 Å². The van der Waals surface area contributed by atoms with Crippen molar-refractivity contribution in [1.82, 2.24) is 10.2 Å². The molecule has 2 heterocycles. The van der Waals surface area contributed by atoms with Crippen LogP contribution in [-0.2, 0) is 0 Å². The van der Waals surface area contributed by atoms with Gasteiger partial charge in [0.05, 0.1) is 5.56 Å².